The first-order chi connectivity index (χ1) is 14.0. The van der Waals surface area contributed by atoms with Crippen molar-refractivity contribution < 1.29 is 38.4 Å². The molecule has 30 heavy (non-hydrogen) atoms. The molecule has 0 aromatic heterocycles. The normalized spacial score (nSPS) is 12.8. The summed E-state index contributed by atoms with van der Waals surface area (Å²) in [7, 11) is -4.97. The van der Waals surface area contributed by atoms with Gasteiger partial charge in [0.05, 0.1) is 6.61 Å². The molecule has 0 saturated carbocycles. The summed E-state index contributed by atoms with van der Waals surface area (Å²) in [4.78, 5) is 53.9. The highest BCUT2D eigenvalue weighted by Crippen LogP contribution is 2.41. The number of nitrogens with one attached hydrogen (secondary N) is 2. The monoisotopic (exact) mass is 462 g/mol. The number of hydrogen-bond donors (Lipinski definition) is 5. The van der Waals surface area contributed by atoms with Crippen LogP contribution in [0.2, 0.25) is 0 Å². The minimum absolute atomic E-state index is 0.0782. The summed E-state index contributed by atoms with van der Waals surface area (Å²) in [6.07, 6.45) is -1.68. The number of aliphatic hydroxyl groups is 1. The summed E-state index contributed by atoms with van der Waals surface area (Å²) in [5.74, 6) is -0.833. The van der Waals surface area contributed by atoms with Gasteiger partial charge in [-0.05, 0) is 0 Å². The Morgan fingerprint density at radius 1 is 1.13 bits per heavy atom. The predicted octanol–water partition coefficient (Wildman–Crippen LogP) is 0.679. The van der Waals surface area contributed by atoms with E-state index in [0.29, 0.717) is 11.3 Å². The number of aliphatic hydroxyl groups excluding tert-OH is 1. The fourth-order valence-electron chi connectivity index (χ4n) is 2.24. The summed E-state index contributed by atoms with van der Waals surface area (Å²) < 4.78 is 15.6. The lowest BCUT2D eigenvalue weighted by Crippen LogP contribution is -2.47. The highest BCUT2D eigenvalue weighted by Gasteiger charge is 2.40. The summed E-state index contributed by atoms with van der Waals surface area (Å²) in [5, 5.41) is 14.2. The molecular weight excluding hydrogens is 435 g/mol. The first-order valence-electron chi connectivity index (χ1n) is 9.07. The summed E-state index contributed by atoms with van der Waals surface area (Å²) in [6.45, 7) is 2.44. The molecule has 0 heterocycles. The Balaban J connectivity index is 2.35. The van der Waals surface area contributed by atoms with Gasteiger partial charge >= 0.3 is 7.82 Å². The Hall–Kier alpha value is -1.75. The molecule has 0 bridgehead atoms. The van der Waals surface area contributed by atoms with Crippen LogP contribution in [0.3, 0.4) is 0 Å². The van der Waals surface area contributed by atoms with Crippen LogP contribution >= 0.6 is 19.6 Å². The largest absolute Gasteiger partial charge is 0.470 e. The van der Waals surface area contributed by atoms with E-state index in [1.807, 2.05) is 6.07 Å². The van der Waals surface area contributed by atoms with Crippen LogP contribution in [-0.4, -0.2) is 63.4 Å². The number of amides is 2. The molecule has 12 heteroatoms. The number of phosphoric ester groups is 1. The molecule has 0 aliphatic heterocycles. The highest BCUT2D eigenvalue weighted by molar-refractivity contribution is 8.14. The number of carbonyl (C=O) groups is 3. The van der Waals surface area contributed by atoms with E-state index < -0.39 is 31.9 Å². The number of benzene rings is 1. The zero-order valence-corrected chi connectivity index (χ0v) is 18.4. The number of thioether (sulfide) groups is 1. The Kier molecular flexibility index (Phi) is 10.7. The van der Waals surface area contributed by atoms with E-state index in [-0.39, 0.29) is 30.5 Å². The fourth-order valence-corrected chi connectivity index (χ4v) is 3.59. The van der Waals surface area contributed by atoms with Crippen molar-refractivity contribution in [2.24, 2.45) is 5.41 Å². The second-order valence-electron chi connectivity index (χ2n) is 7.02. The summed E-state index contributed by atoms with van der Waals surface area (Å²) in [5.41, 5.74) is -0.676. The van der Waals surface area contributed by atoms with E-state index in [1.54, 1.807) is 24.3 Å². The van der Waals surface area contributed by atoms with Gasteiger partial charge in [0.1, 0.15) is 0 Å². The van der Waals surface area contributed by atoms with Crippen LogP contribution in [0.4, 0.5) is 0 Å². The molecular formula is C18H27N2O8PS. The highest BCUT2D eigenvalue weighted by atomic mass is 32.2. The van der Waals surface area contributed by atoms with E-state index in [2.05, 4.69) is 15.2 Å². The van der Waals surface area contributed by atoms with Gasteiger partial charge in [-0.25, -0.2) is 4.57 Å². The first kappa shape index (κ1) is 26.3. The van der Waals surface area contributed by atoms with Gasteiger partial charge in [-0.3, -0.25) is 18.9 Å². The van der Waals surface area contributed by atoms with Crippen LogP contribution in [0.25, 0.3) is 0 Å². The second-order valence-corrected chi connectivity index (χ2v) is 9.28. The van der Waals surface area contributed by atoms with Crippen molar-refractivity contribution in [1.82, 2.24) is 10.6 Å². The molecule has 0 unspecified atom stereocenters. The van der Waals surface area contributed by atoms with Gasteiger partial charge in [0.2, 0.25) is 16.9 Å². The van der Waals surface area contributed by atoms with Crippen LogP contribution in [0.15, 0.2) is 30.3 Å². The zero-order valence-electron chi connectivity index (χ0n) is 16.7. The van der Waals surface area contributed by atoms with Crippen molar-refractivity contribution >= 4 is 36.5 Å². The Bertz CT molecular complexity index is 769. The smallest absolute Gasteiger partial charge is 0.396 e. The molecule has 1 aromatic carbocycles. The lowest BCUT2D eigenvalue weighted by Gasteiger charge is -2.31. The average molecular weight is 462 g/mol. The third kappa shape index (κ3) is 9.84. The topological polar surface area (TPSA) is 162 Å². The van der Waals surface area contributed by atoms with E-state index in [4.69, 9.17) is 9.79 Å². The van der Waals surface area contributed by atoms with Gasteiger partial charge in [0.15, 0.2) is 6.10 Å². The van der Waals surface area contributed by atoms with Crippen molar-refractivity contribution in [2.75, 3.05) is 25.4 Å². The molecule has 10 nitrogen and oxygen atoms in total. The van der Waals surface area contributed by atoms with Crippen molar-refractivity contribution in [3.63, 3.8) is 0 Å². The van der Waals surface area contributed by atoms with Crippen molar-refractivity contribution in [2.45, 2.75) is 26.4 Å². The van der Waals surface area contributed by atoms with Gasteiger partial charge in [-0.2, -0.15) is 0 Å². The Morgan fingerprint density at radius 3 is 2.33 bits per heavy atom. The molecule has 168 valence electrons. The van der Waals surface area contributed by atoms with E-state index in [1.165, 1.54) is 13.8 Å². The number of hydrogen-bond acceptors (Lipinski definition) is 7. The lowest BCUT2D eigenvalue weighted by molar-refractivity contribution is -0.136. The van der Waals surface area contributed by atoms with E-state index in [0.717, 1.165) is 11.8 Å². The molecule has 2 amide bonds. The third-order valence-corrected chi connectivity index (χ3v) is 5.31. The molecule has 0 saturated heterocycles. The third-order valence-electron chi connectivity index (χ3n) is 3.92. The Labute approximate surface area is 179 Å². The quantitative estimate of drug-likeness (QED) is 0.222. The molecule has 0 spiro atoms. The first-order valence-corrected chi connectivity index (χ1v) is 11.6. The molecule has 0 aliphatic carbocycles. The van der Waals surface area contributed by atoms with Gasteiger partial charge in [-0.15, -0.1) is 0 Å². The number of carbonyl (C=O) groups excluding carboxylic acids is 3. The molecule has 0 fully saturated rings. The minimum Gasteiger partial charge on any atom is -0.396 e. The maximum atomic E-state index is 12.2. The van der Waals surface area contributed by atoms with Gasteiger partial charge < -0.3 is 25.5 Å². The molecule has 1 atom stereocenters. The van der Waals surface area contributed by atoms with Crippen LogP contribution in [0, 0.1) is 5.41 Å². The lowest BCUT2D eigenvalue weighted by atomic mass is 9.87. The van der Waals surface area contributed by atoms with Crippen LogP contribution in [-0.2, 0) is 18.7 Å². The zero-order chi connectivity index (χ0) is 22.8. The molecule has 5 N–H and O–H groups in total. The van der Waals surface area contributed by atoms with Crippen LogP contribution in [0.1, 0.15) is 30.6 Å². The predicted molar refractivity (Wildman–Crippen MR) is 112 cm³/mol. The molecule has 0 aliphatic rings. The summed E-state index contributed by atoms with van der Waals surface area (Å²) in [6, 6.07) is 8.75. The maximum Gasteiger partial charge on any atom is 0.470 e. The maximum absolute atomic E-state index is 12.2. The standard InChI is InChI=1S/C18H27N2O8PS/c1-18(2,12-21)15(28-29(25,26)27)16(23)20-9-8-14(22)19-10-11-30-17(24)13-6-4-3-5-7-13/h3-7,15,21H,8-12H2,1-2H3,(H,19,22)(H,20,23)(H2,25,26,27)/t15-/m1/s1. The van der Waals surface area contributed by atoms with E-state index >= 15 is 0 Å². The van der Waals surface area contributed by atoms with Crippen molar-refractivity contribution in [1.29, 1.82) is 0 Å². The minimum atomic E-state index is -4.97. The van der Waals surface area contributed by atoms with Gasteiger partial charge in [0, 0.05) is 36.2 Å². The van der Waals surface area contributed by atoms with Crippen LogP contribution < -0.4 is 10.6 Å². The SMILES string of the molecule is CC(C)(CO)[C@H](OP(=O)(O)O)C(=O)NCCC(=O)NCCSC(=O)c1ccccc1. The fraction of sp³-hybridized carbons (Fsp3) is 0.500. The molecule has 1 aromatic rings. The molecule has 1 rings (SSSR count). The van der Waals surface area contributed by atoms with E-state index in [9.17, 15) is 24.1 Å². The number of rotatable bonds is 12. The molecule has 0 radical (unpaired) electrons. The van der Waals surface area contributed by atoms with Crippen molar-refractivity contribution in [3.05, 3.63) is 35.9 Å². The number of phosphoric acid groups is 1. The van der Waals surface area contributed by atoms with Gasteiger partial charge in [-0.1, -0.05) is 55.9 Å². The Morgan fingerprint density at radius 2 is 1.77 bits per heavy atom. The van der Waals surface area contributed by atoms with Crippen molar-refractivity contribution in [3.8, 4) is 0 Å². The average Bonchev–Trinajstić information content (AvgIpc) is 2.69. The summed E-state index contributed by atoms with van der Waals surface area (Å²) >= 11 is 1.08. The van der Waals surface area contributed by atoms with Gasteiger partial charge in [0.25, 0.3) is 0 Å². The second kappa shape index (κ2) is 12.2. The van der Waals surface area contributed by atoms with Crippen LogP contribution in [0.5, 0.6) is 0 Å².